The van der Waals surface area contributed by atoms with Crippen molar-refractivity contribution in [3.8, 4) is 0 Å². The Labute approximate surface area is 222 Å². The number of hydrogen-bond donors (Lipinski definition) is 0. The van der Waals surface area contributed by atoms with Gasteiger partial charge in [-0.15, -0.1) is 0 Å². The summed E-state index contributed by atoms with van der Waals surface area (Å²) in [6.45, 7) is 1.87. The van der Waals surface area contributed by atoms with Crippen LogP contribution in [0.4, 0.5) is 10.1 Å². The molecule has 3 aromatic carbocycles. The molecule has 1 amide bonds. The summed E-state index contributed by atoms with van der Waals surface area (Å²) in [5.74, 6) is 0.0979. The normalized spacial score (nSPS) is 21.3. The Hall–Kier alpha value is -2.40. The number of benzene rings is 3. The maximum Gasteiger partial charge on any atom is 0.258 e. The number of anilines is 1. The van der Waals surface area contributed by atoms with Gasteiger partial charge in [0, 0.05) is 36.4 Å². The fraction of sp³-hybridized carbons (Fsp3) is 0.367. The fourth-order valence-electron chi connectivity index (χ4n) is 5.98. The summed E-state index contributed by atoms with van der Waals surface area (Å²) in [6.07, 6.45) is 6.72. The van der Waals surface area contributed by atoms with Gasteiger partial charge in [0.1, 0.15) is 5.82 Å². The minimum Gasteiger partial charge on any atom is -0.305 e. The topological polar surface area (TPSA) is 23.6 Å². The van der Waals surface area contributed by atoms with Crippen molar-refractivity contribution in [2.45, 2.75) is 56.5 Å². The number of hydrogen-bond acceptors (Lipinski definition) is 2. The number of nitrogens with zero attached hydrogens (tertiary/aromatic N) is 2. The highest BCUT2D eigenvalue weighted by Gasteiger charge is 2.36. The Morgan fingerprint density at radius 1 is 0.833 bits per heavy atom. The van der Waals surface area contributed by atoms with Crippen LogP contribution in [-0.4, -0.2) is 36.0 Å². The first kappa shape index (κ1) is 25.3. The predicted molar refractivity (Wildman–Crippen MR) is 146 cm³/mol. The molecule has 1 aliphatic heterocycles. The van der Waals surface area contributed by atoms with Gasteiger partial charge >= 0.3 is 0 Å². The van der Waals surface area contributed by atoms with Gasteiger partial charge in [0.2, 0.25) is 0 Å². The summed E-state index contributed by atoms with van der Waals surface area (Å²) in [4.78, 5) is 18.2. The lowest BCUT2D eigenvalue weighted by atomic mass is 9.78. The number of likely N-dealkylation sites (tertiary alicyclic amines) is 1. The predicted octanol–water partition coefficient (Wildman–Crippen LogP) is 7.97. The number of halogens is 3. The van der Waals surface area contributed by atoms with Crippen molar-refractivity contribution in [1.29, 1.82) is 0 Å². The maximum absolute atomic E-state index is 13.7. The molecule has 1 saturated carbocycles. The smallest absolute Gasteiger partial charge is 0.258 e. The molecular weight excluding hydrogens is 494 g/mol. The molecule has 3 nitrogen and oxygen atoms in total. The molecule has 1 saturated heterocycles. The second-order valence-electron chi connectivity index (χ2n) is 9.92. The third-order valence-corrected chi connectivity index (χ3v) is 8.52. The summed E-state index contributed by atoms with van der Waals surface area (Å²) in [5.41, 5.74) is 2.62. The lowest BCUT2D eigenvalue weighted by Crippen LogP contribution is -2.51. The van der Waals surface area contributed by atoms with Gasteiger partial charge in [0.05, 0.1) is 10.0 Å². The molecule has 1 heterocycles. The molecule has 2 aliphatic rings. The van der Waals surface area contributed by atoms with Crippen molar-refractivity contribution in [2.75, 3.05) is 18.0 Å². The van der Waals surface area contributed by atoms with Gasteiger partial charge in [-0.3, -0.25) is 9.69 Å². The number of piperidine rings is 1. The van der Waals surface area contributed by atoms with Gasteiger partial charge in [-0.1, -0.05) is 66.4 Å². The second-order valence-corrected chi connectivity index (χ2v) is 10.7. The highest BCUT2D eigenvalue weighted by Crippen LogP contribution is 2.38. The number of amides is 1. The van der Waals surface area contributed by atoms with E-state index in [4.69, 9.17) is 23.2 Å². The van der Waals surface area contributed by atoms with Crippen molar-refractivity contribution in [3.05, 3.63) is 99.8 Å². The Balaban J connectivity index is 1.36. The van der Waals surface area contributed by atoms with Crippen LogP contribution in [0.1, 0.15) is 60.4 Å². The summed E-state index contributed by atoms with van der Waals surface area (Å²) >= 11 is 12.3. The quantitative estimate of drug-likeness (QED) is 0.337. The molecular formula is C30H31Cl2FN2O. The van der Waals surface area contributed by atoms with Gasteiger partial charge in [-0.2, -0.15) is 0 Å². The molecule has 5 rings (SSSR count). The standard InChI is InChI=1S/C30H31Cl2FN2O/c31-27-15-10-22(20-28(27)32)30(36)35(24-13-11-23(33)12-14-24)25-16-18-34(19-17-25)29-9-5-4-8-26(29)21-6-2-1-3-7-21/h1-3,6-7,10-15,20,25-26,29H,4-5,8-9,16-19H2. The monoisotopic (exact) mass is 524 g/mol. The van der Waals surface area contributed by atoms with Crippen LogP contribution in [0.25, 0.3) is 0 Å². The summed E-state index contributed by atoms with van der Waals surface area (Å²) < 4.78 is 13.7. The molecule has 0 bridgehead atoms. The maximum atomic E-state index is 13.7. The van der Waals surface area contributed by atoms with E-state index in [0.717, 1.165) is 25.9 Å². The van der Waals surface area contributed by atoms with E-state index in [-0.39, 0.29) is 17.8 Å². The SMILES string of the molecule is O=C(c1ccc(Cl)c(Cl)c1)N(c1ccc(F)cc1)C1CCN(C2CCCCC2c2ccccc2)CC1. The van der Waals surface area contributed by atoms with Gasteiger partial charge in [0.25, 0.3) is 5.91 Å². The van der Waals surface area contributed by atoms with Gasteiger partial charge in [-0.05, 0) is 79.6 Å². The Morgan fingerprint density at radius 2 is 1.53 bits per heavy atom. The molecule has 0 aromatic heterocycles. The zero-order valence-electron chi connectivity index (χ0n) is 20.3. The average molecular weight is 525 g/mol. The first-order chi connectivity index (χ1) is 17.5. The molecule has 0 radical (unpaired) electrons. The van der Waals surface area contributed by atoms with Gasteiger partial charge in [0.15, 0.2) is 0 Å². The molecule has 2 atom stereocenters. The average Bonchev–Trinajstić information content (AvgIpc) is 2.92. The van der Waals surface area contributed by atoms with Crippen LogP contribution in [0.15, 0.2) is 72.8 Å². The van der Waals surface area contributed by atoms with Crippen LogP contribution in [-0.2, 0) is 0 Å². The van der Waals surface area contributed by atoms with Crippen molar-refractivity contribution in [1.82, 2.24) is 4.90 Å². The highest BCUT2D eigenvalue weighted by molar-refractivity contribution is 6.42. The van der Waals surface area contributed by atoms with Gasteiger partial charge < -0.3 is 4.90 Å². The summed E-state index contributed by atoms with van der Waals surface area (Å²) in [7, 11) is 0. The van der Waals surface area contributed by atoms with Crippen molar-refractivity contribution in [2.24, 2.45) is 0 Å². The van der Waals surface area contributed by atoms with Crippen LogP contribution in [0, 0.1) is 5.82 Å². The molecule has 0 N–H and O–H groups in total. The Morgan fingerprint density at radius 3 is 2.22 bits per heavy atom. The molecule has 188 valence electrons. The van der Waals surface area contributed by atoms with Crippen LogP contribution >= 0.6 is 23.2 Å². The number of rotatable bonds is 5. The first-order valence-electron chi connectivity index (χ1n) is 12.8. The summed E-state index contributed by atoms with van der Waals surface area (Å²) in [6, 6.07) is 22.6. The molecule has 36 heavy (non-hydrogen) atoms. The van der Waals surface area contributed by atoms with Crippen LogP contribution in [0.2, 0.25) is 10.0 Å². The number of carbonyl (C=O) groups excluding carboxylic acids is 1. The largest absolute Gasteiger partial charge is 0.305 e. The van der Waals surface area contributed by atoms with Crippen LogP contribution < -0.4 is 4.90 Å². The number of carbonyl (C=O) groups is 1. The van der Waals surface area contributed by atoms with E-state index >= 15 is 0 Å². The third-order valence-electron chi connectivity index (χ3n) is 7.78. The molecule has 2 unspecified atom stereocenters. The first-order valence-corrected chi connectivity index (χ1v) is 13.6. The lowest BCUT2D eigenvalue weighted by Gasteiger charge is -2.45. The van der Waals surface area contributed by atoms with Crippen molar-refractivity contribution >= 4 is 34.8 Å². The second kappa shape index (κ2) is 11.3. The van der Waals surface area contributed by atoms with E-state index in [9.17, 15) is 9.18 Å². The molecule has 2 fully saturated rings. The van der Waals surface area contributed by atoms with E-state index < -0.39 is 0 Å². The van der Waals surface area contributed by atoms with E-state index in [1.165, 1.54) is 43.4 Å². The lowest BCUT2D eigenvalue weighted by molar-refractivity contribution is 0.0895. The minimum atomic E-state index is -0.320. The van der Waals surface area contributed by atoms with E-state index in [1.807, 2.05) is 4.90 Å². The zero-order chi connectivity index (χ0) is 25.1. The third kappa shape index (κ3) is 5.46. The van der Waals surface area contributed by atoms with Crippen LogP contribution in [0.5, 0.6) is 0 Å². The van der Waals surface area contributed by atoms with E-state index in [2.05, 4.69) is 35.2 Å². The Bertz CT molecular complexity index is 1180. The molecule has 3 aromatic rings. The van der Waals surface area contributed by atoms with Crippen molar-refractivity contribution in [3.63, 3.8) is 0 Å². The van der Waals surface area contributed by atoms with Crippen LogP contribution in [0.3, 0.4) is 0 Å². The molecule has 1 aliphatic carbocycles. The fourth-order valence-corrected chi connectivity index (χ4v) is 6.28. The molecule has 0 spiro atoms. The van der Waals surface area contributed by atoms with E-state index in [0.29, 0.717) is 33.3 Å². The van der Waals surface area contributed by atoms with E-state index in [1.54, 1.807) is 30.3 Å². The molecule has 6 heteroatoms. The highest BCUT2D eigenvalue weighted by atomic mass is 35.5. The minimum absolute atomic E-state index is 0.0208. The Kier molecular flexibility index (Phi) is 7.95. The summed E-state index contributed by atoms with van der Waals surface area (Å²) in [5, 5.41) is 0.760. The van der Waals surface area contributed by atoms with Gasteiger partial charge in [-0.25, -0.2) is 4.39 Å². The zero-order valence-corrected chi connectivity index (χ0v) is 21.8. The van der Waals surface area contributed by atoms with Crippen molar-refractivity contribution < 1.29 is 9.18 Å².